The maximum Gasteiger partial charge on any atom is 0.123 e. The lowest BCUT2D eigenvalue weighted by Gasteiger charge is -2.30. The highest BCUT2D eigenvalue weighted by Crippen LogP contribution is 2.40. The monoisotopic (exact) mass is 207 g/mol. The fraction of sp³-hybridized carbons (Fsp3) is 0.417. The second kappa shape index (κ2) is 3.65. The molecule has 0 atom stereocenters. The first-order chi connectivity index (χ1) is 7.15. The van der Waals surface area contributed by atoms with Crippen LogP contribution in [0.2, 0.25) is 0 Å². The van der Waals surface area contributed by atoms with E-state index in [1.165, 1.54) is 12.1 Å². The molecule has 1 aromatic rings. The van der Waals surface area contributed by atoms with E-state index in [0.717, 1.165) is 12.8 Å². The first-order valence-corrected chi connectivity index (χ1v) is 5.13. The van der Waals surface area contributed by atoms with Crippen LogP contribution in [0.25, 0.3) is 0 Å². The van der Waals surface area contributed by atoms with Gasteiger partial charge in [-0.3, -0.25) is 0 Å². The van der Waals surface area contributed by atoms with E-state index in [9.17, 15) is 14.3 Å². The van der Waals surface area contributed by atoms with Crippen molar-refractivity contribution in [3.8, 4) is 0 Å². The Morgan fingerprint density at radius 1 is 1.20 bits per heavy atom. The van der Waals surface area contributed by atoms with E-state index in [1.807, 2.05) is 0 Å². The summed E-state index contributed by atoms with van der Waals surface area (Å²) in [7, 11) is 0. The van der Waals surface area contributed by atoms with Crippen LogP contribution in [0.1, 0.15) is 31.2 Å². The Morgan fingerprint density at radius 2 is 1.73 bits per heavy atom. The Bertz CT molecular complexity index is 364. The summed E-state index contributed by atoms with van der Waals surface area (Å²) in [6.45, 7) is 0. The molecule has 0 aliphatic heterocycles. The number of carbonyl (C=O) groups is 1. The lowest BCUT2D eigenvalue weighted by molar-refractivity contribution is -0.313. The molecule has 0 aromatic heterocycles. The normalized spacial score (nSPS) is 19.0. The topological polar surface area (TPSA) is 40.1 Å². The fourth-order valence-electron chi connectivity index (χ4n) is 2.36. The lowest BCUT2D eigenvalue weighted by Crippen LogP contribution is -2.43. The highest BCUT2D eigenvalue weighted by atomic mass is 19.1. The Labute approximate surface area is 87.7 Å². The minimum Gasteiger partial charge on any atom is -0.549 e. The summed E-state index contributed by atoms with van der Waals surface area (Å²) < 4.78 is 12.7. The van der Waals surface area contributed by atoms with Crippen molar-refractivity contribution in [2.45, 2.75) is 31.1 Å². The molecule has 0 radical (unpaired) electrons. The van der Waals surface area contributed by atoms with E-state index in [2.05, 4.69) is 0 Å². The van der Waals surface area contributed by atoms with Crippen LogP contribution in [0.4, 0.5) is 4.39 Å². The molecule has 1 saturated carbocycles. The van der Waals surface area contributed by atoms with Gasteiger partial charge < -0.3 is 9.90 Å². The van der Waals surface area contributed by atoms with Gasteiger partial charge in [-0.1, -0.05) is 25.0 Å². The minimum absolute atomic E-state index is 0.342. The van der Waals surface area contributed by atoms with E-state index < -0.39 is 11.4 Å². The summed E-state index contributed by atoms with van der Waals surface area (Å²) >= 11 is 0. The number of carbonyl (C=O) groups excluding carboxylic acids is 1. The van der Waals surface area contributed by atoms with Crippen LogP contribution in [0.3, 0.4) is 0 Å². The molecule has 0 N–H and O–H groups in total. The van der Waals surface area contributed by atoms with Gasteiger partial charge >= 0.3 is 0 Å². The van der Waals surface area contributed by atoms with E-state index >= 15 is 0 Å². The molecule has 0 heterocycles. The summed E-state index contributed by atoms with van der Waals surface area (Å²) in [5, 5.41) is 11.2. The molecule has 0 spiro atoms. The maximum absolute atomic E-state index is 12.7. The minimum atomic E-state index is -1.04. The van der Waals surface area contributed by atoms with Crippen LogP contribution < -0.4 is 5.11 Å². The SMILES string of the molecule is O=C([O-])C1(c2ccc(F)cc2)CCCC1. The van der Waals surface area contributed by atoms with Gasteiger partial charge in [-0.05, 0) is 30.5 Å². The molecule has 15 heavy (non-hydrogen) atoms. The van der Waals surface area contributed by atoms with Gasteiger partial charge in [-0.25, -0.2) is 4.39 Å². The first kappa shape index (κ1) is 10.1. The van der Waals surface area contributed by atoms with Gasteiger partial charge in [0.2, 0.25) is 0 Å². The highest BCUT2D eigenvalue weighted by molar-refractivity contribution is 5.79. The molecule has 80 valence electrons. The Hall–Kier alpha value is -1.38. The lowest BCUT2D eigenvalue weighted by atomic mass is 9.79. The molecule has 2 nitrogen and oxygen atoms in total. The van der Waals surface area contributed by atoms with E-state index in [4.69, 9.17) is 0 Å². The van der Waals surface area contributed by atoms with Crippen LogP contribution in [0, 0.1) is 5.82 Å². The second-order valence-corrected chi connectivity index (χ2v) is 4.08. The molecule has 1 aromatic carbocycles. The van der Waals surface area contributed by atoms with Crippen molar-refractivity contribution in [2.75, 3.05) is 0 Å². The highest BCUT2D eigenvalue weighted by Gasteiger charge is 2.36. The summed E-state index contributed by atoms with van der Waals surface area (Å²) in [6.07, 6.45) is 2.98. The quantitative estimate of drug-likeness (QED) is 0.735. The van der Waals surface area contributed by atoms with E-state index in [0.29, 0.717) is 18.4 Å². The molecule has 1 aliphatic carbocycles. The zero-order valence-corrected chi connectivity index (χ0v) is 8.33. The van der Waals surface area contributed by atoms with Crippen molar-refractivity contribution >= 4 is 5.97 Å². The van der Waals surface area contributed by atoms with E-state index in [1.54, 1.807) is 12.1 Å². The summed E-state index contributed by atoms with van der Waals surface area (Å²) in [5.41, 5.74) is -0.213. The first-order valence-electron chi connectivity index (χ1n) is 5.13. The Morgan fingerprint density at radius 3 is 2.20 bits per heavy atom. The number of carboxylic acids is 1. The van der Waals surface area contributed by atoms with Crippen molar-refractivity contribution in [3.05, 3.63) is 35.6 Å². The average Bonchev–Trinajstić information content (AvgIpc) is 2.69. The van der Waals surface area contributed by atoms with Gasteiger partial charge in [0, 0.05) is 5.41 Å². The largest absolute Gasteiger partial charge is 0.549 e. The molecular weight excluding hydrogens is 195 g/mol. The fourth-order valence-corrected chi connectivity index (χ4v) is 2.36. The van der Waals surface area contributed by atoms with Crippen LogP contribution in [-0.4, -0.2) is 5.97 Å². The van der Waals surface area contributed by atoms with E-state index in [-0.39, 0.29) is 5.82 Å². The number of benzene rings is 1. The predicted molar refractivity (Wildman–Crippen MR) is 51.6 cm³/mol. The number of hydrogen-bond acceptors (Lipinski definition) is 2. The molecule has 3 heteroatoms. The third kappa shape index (κ3) is 1.62. The molecule has 1 aliphatic rings. The van der Waals surface area contributed by atoms with Gasteiger partial charge in [-0.15, -0.1) is 0 Å². The number of hydrogen-bond donors (Lipinski definition) is 0. The molecule has 0 saturated heterocycles. The number of aliphatic carboxylic acids is 1. The van der Waals surface area contributed by atoms with Crippen LogP contribution >= 0.6 is 0 Å². The van der Waals surface area contributed by atoms with Crippen LogP contribution in [-0.2, 0) is 10.2 Å². The molecule has 1 fully saturated rings. The molecule has 0 unspecified atom stereocenters. The third-order valence-corrected chi connectivity index (χ3v) is 3.24. The average molecular weight is 207 g/mol. The molecule has 0 bridgehead atoms. The predicted octanol–water partition coefficient (Wildman–Crippen LogP) is 1.39. The van der Waals surface area contributed by atoms with Crippen molar-refractivity contribution in [1.29, 1.82) is 0 Å². The molecule has 2 rings (SSSR count). The summed E-state index contributed by atoms with van der Waals surface area (Å²) in [4.78, 5) is 11.2. The van der Waals surface area contributed by atoms with Crippen LogP contribution in [0.15, 0.2) is 24.3 Å². The van der Waals surface area contributed by atoms with Crippen molar-refractivity contribution in [2.24, 2.45) is 0 Å². The van der Waals surface area contributed by atoms with Gasteiger partial charge in [0.15, 0.2) is 0 Å². The summed E-state index contributed by atoms with van der Waals surface area (Å²) in [6, 6.07) is 5.71. The standard InChI is InChI=1S/C12H13FO2/c13-10-5-3-9(4-6-10)12(11(14)15)7-1-2-8-12/h3-6H,1-2,7-8H2,(H,14,15)/p-1. The Balaban J connectivity index is 2.41. The maximum atomic E-state index is 12.7. The van der Waals surface area contributed by atoms with Crippen molar-refractivity contribution < 1.29 is 14.3 Å². The Kier molecular flexibility index (Phi) is 2.47. The number of halogens is 1. The van der Waals surface area contributed by atoms with Crippen LogP contribution in [0.5, 0.6) is 0 Å². The summed E-state index contributed by atoms with van der Waals surface area (Å²) in [5.74, 6) is -1.38. The third-order valence-electron chi connectivity index (χ3n) is 3.24. The van der Waals surface area contributed by atoms with Crippen molar-refractivity contribution in [3.63, 3.8) is 0 Å². The van der Waals surface area contributed by atoms with Gasteiger partial charge in [-0.2, -0.15) is 0 Å². The molecule has 0 amide bonds. The second-order valence-electron chi connectivity index (χ2n) is 4.08. The van der Waals surface area contributed by atoms with Crippen molar-refractivity contribution in [1.82, 2.24) is 0 Å². The van der Waals surface area contributed by atoms with Gasteiger partial charge in [0.05, 0.1) is 5.97 Å². The zero-order chi connectivity index (χ0) is 10.9. The van der Waals surface area contributed by atoms with Gasteiger partial charge in [0.25, 0.3) is 0 Å². The molecular formula is C12H12FO2-. The zero-order valence-electron chi connectivity index (χ0n) is 8.33. The number of rotatable bonds is 2. The smallest absolute Gasteiger partial charge is 0.123 e. The van der Waals surface area contributed by atoms with Gasteiger partial charge in [0.1, 0.15) is 5.82 Å². The number of carboxylic acid groups (broad SMARTS) is 1.